The summed E-state index contributed by atoms with van der Waals surface area (Å²) in [7, 11) is 3.33. The number of benzene rings is 3. The van der Waals surface area contributed by atoms with Crippen molar-refractivity contribution in [2.45, 2.75) is 12.5 Å². The summed E-state index contributed by atoms with van der Waals surface area (Å²) in [5.41, 5.74) is 13.9. The first-order chi connectivity index (χ1) is 15.7. The predicted octanol–water partition coefficient (Wildman–Crippen LogP) is 4.47. The van der Waals surface area contributed by atoms with E-state index in [2.05, 4.69) is 47.4 Å². The highest BCUT2D eigenvalue weighted by molar-refractivity contribution is 5.92. The Balaban J connectivity index is 1.64. The number of anilines is 1. The van der Waals surface area contributed by atoms with E-state index < -0.39 is 0 Å². The molecule has 162 valence electrons. The van der Waals surface area contributed by atoms with Gasteiger partial charge in [0.25, 0.3) is 0 Å². The first-order valence-corrected chi connectivity index (χ1v) is 10.7. The van der Waals surface area contributed by atoms with Gasteiger partial charge in [-0.1, -0.05) is 30.3 Å². The van der Waals surface area contributed by atoms with Gasteiger partial charge in [0.2, 0.25) is 6.79 Å². The van der Waals surface area contributed by atoms with Crippen LogP contribution in [0.25, 0.3) is 11.8 Å². The topological polar surface area (TPSA) is 66.2 Å². The van der Waals surface area contributed by atoms with Gasteiger partial charge in [-0.3, -0.25) is 0 Å². The van der Waals surface area contributed by atoms with Crippen LogP contribution in [0.15, 0.2) is 48.5 Å². The molecule has 3 aliphatic heterocycles. The Morgan fingerprint density at radius 2 is 1.78 bits per heavy atom. The van der Waals surface area contributed by atoms with Crippen LogP contribution in [0, 0.1) is 0 Å². The van der Waals surface area contributed by atoms with Crippen LogP contribution in [-0.2, 0) is 6.42 Å². The van der Waals surface area contributed by atoms with Crippen molar-refractivity contribution in [3.05, 3.63) is 76.3 Å². The fourth-order valence-electron chi connectivity index (χ4n) is 5.14. The van der Waals surface area contributed by atoms with Gasteiger partial charge in [0.1, 0.15) is 0 Å². The third kappa shape index (κ3) is 2.65. The van der Waals surface area contributed by atoms with E-state index in [-0.39, 0.29) is 12.8 Å². The fraction of sp³-hybridized carbons (Fsp3) is 0.231. The Morgan fingerprint density at radius 1 is 1.00 bits per heavy atom. The molecule has 3 aromatic carbocycles. The highest BCUT2D eigenvalue weighted by atomic mass is 16.7. The Hall–Kier alpha value is -3.80. The molecule has 0 fully saturated rings. The number of rotatable bonds is 3. The van der Waals surface area contributed by atoms with Crippen molar-refractivity contribution < 1.29 is 18.9 Å². The summed E-state index contributed by atoms with van der Waals surface area (Å²) in [4.78, 5) is 2.43. The second-order valence-corrected chi connectivity index (χ2v) is 8.18. The lowest BCUT2D eigenvalue weighted by Gasteiger charge is -2.44. The van der Waals surface area contributed by atoms with Crippen LogP contribution in [-0.4, -0.2) is 32.5 Å². The SMILES string of the molecule is COc1cc(N)c2c(c1OC)[14CH](c1ccccc1)N1CCc3cc4c(cc3C1=C2)OCO4. The predicted molar refractivity (Wildman–Crippen MR) is 123 cm³/mol. The first kappa shape index (κ1) is 18.9. The number of nitrogen functional groups attached to an aromatic ring is 1. The van der Waals surface area contributed by atoms with Gasteiger partial charge in [-0.25, -0.2) is 0 Å². The average molecular weight is 430 g/mol. The molecule has 0 radical (unpaired) electrons. The van der Waals surface area contributed by atoms with Gasteiger partial charge in [0.05, 0.1) is 20.3 Å². The Kier molecular flexibility index (Phi) is 4.21. The maximum Gasteiger partial charge on any atom is 0.231 e. The zero-order valence-corrected chi connectivity index (χ0v) is 18.1. The summed E-state index contributed by atoms with van der Waals surface area (Å²) in [5, 5.41) is 0. The molecule has 1 unspecified atom stereocenters. The lowest BCUT2D eigenvalue weighted by molar-refractivity contribution is 0.174. The largest absolute Gasteiger partial charge is 0.493 e. The zero-order chi connectivity index (χ0) is 21.8. The van der Waals surface area contributed by atoms with Crippen molar-refractivity contribution in [2.75, 3.05) is 33.3 Å². The molecule has 32 heavy (non-hydrogen) atoms. The van der Waals surface area contributed by atoms with Crippen LogP contribution >= 0.6 is 0 Å². The van der Waals surface area contributed by atoms with E-state index in [1.54, 1.807) is 14.2 Å². The molecule has 0 spiro atoms. The molecule has 0 amide bonds. The van der Waals surface area contributed by atoms with Gasteiger partial charge < -0.3 is 29.6 Å². The number of fused-ring (bicyclic) bond motifs is 5. The lowest BCUT2D eigenvalue weighted by Crippen LogP contribution is -2.36. The van der Waals surface area contributed by atoms with Crippen molar-refractivity contribution in [3.8, 4) is 23.0 Å². The minimum Gasteiger partial charge on any atom is -0.493 e. The molecule has 3 heterocycles. The summed E-state index contributed by atoms with van der Waals surface area (Å²) in [6.07, 6.45) is 3.08. The normalized spacial score (nSPS) is 17.8. The minimum absolute atomic E-state index is 0.0582. The molecular weight excluding hydrogens is 406 g/mol. The zero-order valence-electron chi connectivity index (χ0n) is 18.1. The molecule has 3 aliphatic rings. The smallest absolute Gasteiger partial charge is 0.231 e. The van der Waals surface area contributed by atoms with Gasteiger partial charge in [0, 0.05) is 40.7 Å². The molecule has 0 aromatic heterocycles. The van der Waals surface area contributed by atoms with Gasteiger partial charge in [-0.15, -0.1) is 0 Å². The van der Waals surface area contributed by atoms with Gasteiger partial charge in [-0.2, -0.15) is 0 Å². The number of methoxy groups -OCH3 is 2. The van der Waals surface area contributed by atoms with E-state index in [4.69, 9.17) is 24.7 Å². The molecule has 0 bridgehead atoms. The monoisotopic (exact) mass is 430 g/mol. The molecule has 0 saturated carbocycles. The standard InChI is InChI=1S/C26H24N2O4/c1-29-23-13-19(27)18-11-20-17-12-22-21(31-14-32-22)10-16(17)8-9-28(20)25(24(18)26(23)30-2)15-6-4-3-5-7-15/h3-7,10-13,25H,8-9,14,27H2,1-2H3/i25+2. The summed E-state index contributed by atoms with van der Waals surface area (Å²) < 4.78 is 22.8. The van der Waals surface area contributed by atoms with E-state index in [0.717, 1.165) is 52.6 Å². The summed E-state index contributed by atoms with van der Waals surface area (Å²) in [6, 6.07) is 16.5. The van der Waals surface area contributed by atoms with Crippen molar-refractivity contribution in [1.82, 2.24) is 4.90 Å². The number of hydrogen-bond acceptors (Lipinski definition) is 6. The molecular formula is C26H24N2O4. The number of nitrogens with two attached hydrogens (primary N) is 1. The molecule has 0 aliphatic carbocycles. The van der Waals surface area contributed by atoms with Gasteiger partial charge in [0.15, 0.2) is 23.0 Å². The minimum atomic E-state index is -0.0582. The number of nitrogens with zero attached hydrogens (tertiary/aromatic N) is 1. The third-order valence-corrected chi connectivity index (χ3v) is 6.57. The second-order valence-electron chi connectivity index (χ2n) is 8.18. The molecule has 6 nitrogen and oxygen atoms in total. The quantitative estimate of drug-likeness (QED) is 0.619. The highest BCUT2D eigenvalue weighted by Crippen LogP contribution is 2.53. The Morgan fingerprint density at radius 3 is 2.53 bits per heavy atom. The van der Waals surface area contributed by atoms with E-state index in [1.807, 2.05) is 12.1 Å². The van der Waals surface area contributed by atoms with Crippen LogP contribution in [0.2, 0.25) is 0 Å². The summed E-state index contributed by atoms with van der Waals surface area (Å²) in [6.45, 7) is 1.12. The molecule has 0 saturated heterocycles. The van der Waals surface area contributed by atoms with E-state index >= 15 is 0 Å². The molecule has 3 aromatic rings. The van der Waals surface area contributed by atoms with E-state index in [1.165, 1.54) is 11.1 Å². The maximum atomic E-state index is 6.57. The lowest BCUT2D eigenvalue weighted by atomic mass is 9.92. The van der Waals surface area contributed by atoms with Crippen LogP contribution in [0.4, 0.5) is 5.69 Å². The maximum absolute atomic E-state index is 6.57. The van der Waals surface area contributed by atoms with E-state index in [0.29, 0.717) is 11.4 Å². The molecule has 6 heteroatoms. The Labute approximate surface area is 186 Å². The van der Waals surface area contributed by atoms with Gasteiger partial charge in [-0.05, 0) is 35.8 Å². The van der Waals surface area contributed by atoms with Crippen LogP contribution in [0.5, 0.6) is 23.0 Å². The average Bonchev–Trinajstić information content (AvgIpc) is 3.29. The second kappa shape index (κ2) is 7.12. The molecule has 1 atom stereocenters. The number of hydrogen-bond donors (Lipinski definition) is 1. The summed E-state index contributed by atoms with van der Waals surface area (Å²) in [5.74, 6) is 2.97. The molecule has 2 N–H and O–H groups in total. The fourth-order valence-corrected chi connectivity index (χ4v) is 5.14. The van der Waals surface area contributed by atoms with Gasteiger partial charge >= 0.3 is 0 Å². The van der Waals surface area contributed by atoms with Crippen molar-refractivity contribution in [1.29, 1.82) is 0 Å². The highest BCUT2D eigenvalue weighted by Gasteiger charge is 2.38. The van der Waals surface area contributed by atoms with Crippen molar-refractivity contribution in [2.24, 2.45) is 0 Å². The third-order valence-electron chi connectivity index (χ3n) is 6.57. The van der Waals surface area contributed by atoms with Crippen LogP contribution in [0.1, 0.15) is 33.9 Å². The van der Waals surface area contributed by atoms with Crippen molar-refractivity contribution in [3.63, 3.8) is 0 Å². The summed E-state index contributed by atoms with van der Waals surface area (Å²) >= 11 is 0. The van der Waals surface area contributed by atoms with E-state index in [9.17, 15) is 0 Å². The van der Waals surface area contributed by atoms with Crippen LogP contribution in [0.3, 0.4) is 0 Å². The Bertz CT molecular complexity index is 1250. The first-order valence-electron chi connectivity index (χ1n) is 10.7. The van der Waals surface area contributed by atoms with Crippen molar-refractivity contribution >= 4 is 17.5 Å². The van der Waals surface area contributed by atoms with Crippen LogP contribution < -0.4 is 24.7 Å². The molecule has 6 rings (SSSR count). The number of ether oxygens (including phenoxy) is 4.